The Balaban J connectivity index is 1.81. The lowest BCUT2D eigenvalue weighted by Crippen LogP contribution is -2.38. The third kappa shape index (κ3) is 4.36. The van der Waals surface area contributed by atoms with Gasteiger partial charge in [0.15, 0.2) is 5.75 Å². The van der Waals surface area contributed by atoms with Gasteiger partial charge in [-0.2, -0.15) is 0 Å². The molecule has 1 atom stereocenters. The molecule has 1 unspecified atom stereocenters. The Morgan fingerprint density at radius 1 is 1.38 bits per heavy atom. The molecule has 2 rings (SSSR count). The number of hydrogen-bond acceptors (Lipinski definition) is 4. The van der Waals surface area contributed by atoms with E-state index in [4.69, 9.17) is 5.73 Å². The molecular formula is C16H25N3O2. The van der Waals surface area contributed by atoms with Gasteiger partial charge in [0.25, 0.3) is 5.91 Å². The molecule has 0 aliphatic carbocycles. The molecule has 0 aromatic heterocycles. The van der Waals surface area contributed by atoms with Gasteiger partial charge in [-0.25, -0.2) is 0 Å². The molecule has 0 saturated carbocycles. The number of piperidine rings is 1. The molecule has 5 nitrogen and oxygen atoms in total. The molecule has 0 bridgehead atoms. The molecule has 1 saturated heterocycles. The van der Waals surface area contributed by atoms with Crippen LogP contribution in [0.5, 0.6) is 5.75 Å². The first-order valence-electron chi connectivity index (χ1n) is 7.66. The number of para-hydroxylation sites is 1. The van der Waals surface area contributed by atoms with E-state index in [0.29, 0.717) is 12.5 Å². The van der Waals surface area contributed by atoms with Crippen LogP contribution in [0.25, 0.3) is 0 Å². The summed E-state index contributed by atoms with van der Waals surface area (Å²) in [6.45, 7) is 6.06. The van der Waals surface area contributed by atoms with Gasteiger partial charge in [-0.05, 0) is 44.0 Å². The minimum atomic E-state index is -0.273. The first-order valence-corrected chi connectivity index (χ1v) is 7.66. The lowest BCUT2D eigenvalue weighted by atomic mass is 10.1. The molecule has 0 radical (unpaired) electrons. The molecule has 21 heavy (non-hydrogen) atoms. The second kappa shape index (κ2) is 7.31. The van der Waals surface area contributed by atoms with Crippen molar-refractivity contribution in [2.24, 2.45) is 5.92 Å². The number of benzene rings is 1. The quantitative estimate of drug-likeness (QED) is 0.571. The van der Waals surface area contributed by atoms with Crippen molar-refractivity contribution in [3.8, 4) is 5.75 Å². The third-order valence-electron chi connectivity index (χ3n) is 3.94. The van der Waals surface area contributed by atoms with E-state index >= 15 is 0 Å². The van der Waals surface area contributed by atoms with Crippen molar-refractivity contribution in [2.45, 2.75) is 26.2 Å². The Morgan fingerprint density at radius 3 is 2.81 bits per heavy atom. The van der Waals surface area contributed by atoms with Gasteiger partial charge in [0.2, 0.25) is 0 Å². The number of nitrogens with zero attached hydrogens (tertiary/aromatic N) is 1. The molecule has 5 heteroatoms. The number of carbonyl (C=O) groups is 1. The van der Waals surface area contributed by atoms with E-state index in [-0.39, 0.29) is 22.9 Å². The topological polar surface area (TPSA) is 78.6 Å². The van der Waals surface area contributed by atoms with Crippen molar-refractivity contribution >= 4 is 11.6 Å². The predicted molar refractivity (Wildman–Crippen MR) is 84.3 cm³/mol. The van der Waals surface area contributed by atoms with Crippen LogP contribution in [-0.4, -0.2) is 42.1 Å². The number of likely N-dealkylation sites (tertiary alicyclic amines) is 1. The van der Waals surface area contributed by atoms with Crippen molar-refractivity contribution in [3.05, 3.63) is 23.8 Å². The second-order valence-corrected chi connectivity index (χ2v) is 5.92. The molecule has 116 valence electrons. The van der Waals surface area contributed by atoms with Crippen LogP contribution in [-0.2, 0) is 0 Å². The number of nitrogen functional groups attached to an aromatic ring is 1. The molecule has 1 amide bonds. The Labute approximate surface area is 126 Å². The normalized spacial score (nSPS) is 17.4. The highest BCUT2D eigenvalue weighted by Gasteiger charge is 2.16. The van der Waals surface area contributed by atoms with Crippen molar-refractivity contribution < 1.29 is 9.90 Å². The molecule has 1 aliphatic rings. The van der Waals surface area contributed by atoms with Gasteiger partial charge in [0, 0.05) is 13.1 Å². The predicted octanol–water partition coefficient (Wildman–Crippen LogP) is 1.83. The standard InChI is InChI=1S/C16H25N3O2/c1-12(11-19-8-3-2-4-9-19)10-18-16(21)13-6-5-7-14(17)15(13)20/h5-7,12,20H,2-4,8-11,17H2,1H3,(H,18,21). The summed E-state index contributed by atoms with van der Waals surface area (Å²) >= 11 is 0. The largest absolute Gasteiger partial charge is 0.505 e. The summed E-state index contributed by atoms with van der Waals surface area (Å²) in [6.07, 6.45) is 3.88. The smallest absolute Gasteiger partial charge is 0.255 e. The summed E-state index contributed by atoms with van der Waals surface area (Å²) < 4.78 is 0. The Hall–Kier alpha value is -1.75. The Kier molecular flexibility index (Phi) is 5.44. The van der Waals surface area contributed by atoms with Crippen LogP contribution in [0.2, 0.25) is 0 Å². The number of rotatable bonds is 5. The SMILES string of the molecule is CC(CNC(=O)c1cccc(N)c1O)CN1CCCCC1. The number of amides is 1. The van der Waals surface area contributed by atoms with Crippen LogP contribution in [0.1, 0.15) is 36.5 Å². The van der Waals surface area contributed by atoms with Gasteiger partial charge in [0.1, 0.15) is 0 Å². The Morgan fingerprint density at radius 2 is 2.10 bits per heavy atom. The van der Waals surface area contributed by atoms with Gasteiger partial charge in [0.05, 0.1) is 11.3 Å². The molecule has 4 N–H and O–H groups in total. The van der Waals surface area contributed by atoms with Crippen LogP contribution in [0.3, 0.4) is 0 Å². The zero-order chi connectivity index (χ0) is 15.2. The average molecular weight is 291 g/mol. The van der Waals surface area contributed by atoms with Crippen LogP contribution < -0.4 is 11.1 Å². The Bertz CT molecular complexity index is 484. The summed E-state index contributed by atoms with van der Waals surface area (Å²) in [5.41, 5.74) is 6.06. The lowest BCUT2D eigenvalue weighted by Gasteiger charge is -2.29. The summed E-state index contributed by atoms with van der Waals surface area (Å²) in [5, 5.41) is 12.7. The van der Waals surface area contributed by atoms with Gasteiger partial charge in [-0.15, -0.1) is 0 Å². The van der Waals surface area contributed by atoms with Crippen LogP contribution in [0, 0.1) is 5.92 Å². The number of carbonyl (C=O) groups excluding carboxylic acids is 1. The van der Waals surface area contributed by atoms with Crippen LogP contribution in [0.4, 0.5) is 5.69 Å². The second-order valence-electron chi connectivity index (χ2n) is 5.92. The highest BCUT2D eigenvalue weighted by Crippen LogP contribution is 2.24. The maximum absolute atomic E-state index is 12.1. The van der Waals surface area contributed by atoms with Crippen molar-refractivity contribution in [1.82, 2.24) is 10.2 Å². The average Bonchev–Trinajstić information content (AvgIpc) is 2.48. The van der Waals surface area contributed by atoms with Crippen LogP contribution >= 0.6 is 0 Å². The molecule has 1 aromatic rings. The van der Waals surface area contributed by atoms with E-state index in [0.717, 1.165) is 19.6 Å². The van der Waals surface area contributed by atoms with Crippen molar-refractivity contribution in [2.75, 3.05) is 31.9 Å². The number of anilines is 1. The van der Waals surface area contributed by atoms with Gasteiger partial charge >= 0.3 is 0 Å². The monoisotopic (exact) mass is 291 g/mol. The first-order chi connectivity index (χ1) is 10.1. The number of phenolic OH excluding ortho intramolecular Hbond substituents is 1. The minimum absolute atomic E-state index is 0.140. The third-order valence-corrected chi connectivity index (χ3v) is 3.94. The number of phenols is 1. The number of aromatic hydroxyl groups is 1. The summed E-state index contributed by atoms with van der Waals surface area (Å²) in [5.74, 6) is -0.0285. The maximum Gasteiger partial charge on any atom is 0.255 e. The summed E-state index contributed by atoms with van der Waals surface area (Å²) in [7, 11) is 0. The molecule has 0 spiro atoms. The van der Waals surface area contributed by atoms with Gasteiger partial charge in [-0.1, -0.05) is 19.4 Å². The van der Waals surface area contributed by atoms with Gasteiger partial charge < -0.3 is 21.1 Å². The fourth-order valence-corrected chi connectivity index (χ4v) is 2.75. The molecular weight excluding hydrogens is 266 g/mol. The van der Waals surface area contributed by atoms with E-state index in [2.05, 4.69) is 17.1 Å². The molecule has 1 heterocycles. The summed E-state index contributed by atoms with van der Waals surface area (Å²) in [4.78, 5) is 14.5. The molecule has 1 fully saturated rings. The van der Waals surface area contributed by atoms with E-state index in [1.54, 1.807) is 18.2 Å². The lowest BCUT2D eigenvalue weighted by molar-refractivity contribution is 0.0940. The van der Waals surface area contributed by atoms with E-state index in [1.165, 1.54) is 19.3 Å². The van der Waals surface area contributed by atoms with Crippen LogP contribution in [0.15, 0.2) is 18.2 Å². The fraction of sp³-hybridized carbons (Fsp3) is 0.562. The highest BCUT2D eigenvalue weighted by molar-refractivity contribution is 5.98. The fourth-order valence-electron chi connectivity index (χ4n) is 2.75. The zero-order valence-corrected chi connectivity index (χ0v) is 12.6. The number of nitrogens with two attached hydrogens (primary N) is 1. The number of hydrogen-bond donors (Lipinski definition) is 3. The zero-order valence-electron chi connectivity index (χ0n) is 12.6. The van der Waals surface area contributed by atoms with Crippen molar-refractivity contribution in [1.29, 1.82) is 0 Å². The minimum Gasteiger partial charge on any atom is -0.505 e. The van der Waals surface area contributed by atoms with E-state index in [1.807, 2.05) is 0 Å². The number of nitrogens with one attached hydrogen (secondary N) is 1. The maximum atomic E-state index is 12.1. The first kappa shape index (κ1) is 15.6. The van der Waals surface area contributed by atoms with Gasteiger partial charge in [-0.3, -0.25) is 4.79 Å². The van der Waals surface area contributed by atoms with Crippen molar-refractivity contribution in [3.63, 3.8) is 0 Å². The summed E-state index contributed by atoms with van der Waals surface area (Å²) in [6, 6.07) is 4.82. The highest BCUT2D eigenvalue weighted by atomic mass is 16.3. The molecule has 1 aliphatic heterocycles. The van der Waals surface area contributed by atoms with E-state index in [9.17, 15) is 9.90 Å². The van der Waals surface area contributed by atoms with E-state index < -0.39 is 0 Å². The molecule has 1 aromatic carbocycles.